The van der Waals surface area contributed by atoms with E-state index >= 15 is 0 Å². The van der Waals surface area contributed by atoms with Gasteiger partial charge < -0.3 is 5.32 Å². The number of rotatable bonds is 6. The zero-order valence-corrected chi connectivity index (χ0v) is 19.9. The fourth-order valence-electron chi connectivity index (χ4n) is 3.39. The number of aromatic nitrogens is 1. The third kappa shape index (κ3) is 4.12. The Morgan fingerprint density at radius 1 is 1.23 bits per heavy atom. The molecule has 2 heterocycles. The molecule has 1 aromatic carbocycles. The Bertz CT molecular complexity index is 1270. The van der Waals surface area contributed by atoms with Gasteiger partial charge in [-0.2, -0.15) is 0 Å². The van der Waals surface area contributed by atoms with Crippen molar-refractivity contribution in [2.45, 2.75) is 24.5 Å². The number of pyridine rings is 1. The van der Waals surface area contributed by atoms with Crippen LogP contribution in [0.1, 0.15) is 22.8 Å². The summed E-state index contributed by atoms with van der Waals surface area (Å²) in [6, 6.07) is 9.95. The van der Waals surface area contributed by atoms with Crippen LogP contribution < -0.4 is 15.6 Å². The quantitative estimate of drug-likeness (QED) is 0.435. The second-order valence-corrected chi connectivity index (χ2v) is 11.4. The van der Waals surface area contributed by atoms with Gasteiger partial charge in [0, 0.05) is 27.0 Å². The van der Waals surface area contributed by atoms with Gasteiger partial charge in [0.05, 0.1) is 16.6 Å². The van der Waals surface area contributed by atoms with Crippen LogP contribution in [0.3, 0.4) is 0 Å². The number of aryl methyl sites for hydroxylation is 1. The summed E-state index contributed by atoms with van der Waals surface area (Å²) in [6.45, 7) is 1.61. The Hall–Kier alpha value is -1.92. The highest BCUT2D eigenvalue weighted by Gasteiger charge is 2.49. The fraction of sp³-hybridized carbons (Fsp3) is 0.250. The second-order valence-electron chi connectivity index (χ2n) is 7.25. The van der Waals surface area contributed by atoms with Crippen molar-refractivity contribution in [2.24, 2.45) is 7.05 Å². The Kier molecular flexibility index (Phi) is 5.66. The predicted molar refractivity (Wildman–Crippen MR) is 127 cm³/mol. The van der Waals surface area contributed by atoms with Gasteiger partial charge in [-0.05, 0) is 71.6 Å². The number of hydrogen-bond donors (Lipinski definition) is 2. The maximum atomic E-state index is 14.4. The Morgan fingerprint density at radius 2 is 2.00 bits per heavy atom. The van der Waals surface area contributed by atoms with Crippen molar-refractivity contribution in [1.29, 1.82) is 0 Å². The molecule has 0 bridgehead atoms. The molecule has 158 valence electrons. The van der Waals surface area contributed by atoms with E-state index in [1.54, 1.807) is 30.4 Å². The van der Waals surface area contributed by atoms with Crippen molar-refractivity contribution in [3.8, 4) is 0 Å². The van der Waals surface area contributed by atoms with Gasteiger partial charge in [0.2, 0.25) is 10.0 Å². The standard InChI is InChI=1S/C20H19FIN3O3S2/c1-11-8-16(24-30(27,28)18-10-13(18)17-4-3-7-29-17)19(25(2)20(11)26)23-15-6-5-12(22)9-14(15)21/h3-9,13,18,23-24H,10H2,1-2H3. The van der Waals surface area contributed by atoms with Crippen molar-refractivity contribution in [1.82, 2.24) is 4.57 Å². The molecule has 1 aliphatic rings. The molecular weight excluding hydrogens is 540 g/mol. The molecule has 30 heavy (non-hydrogen) atoms. The van der Waals surface area contributed by atoms with Crippen molar-refractivity contribution in [3.63, 3.8) is 0 Å². The molecule has 2 aromatic heterocycles. The molecule has 2 N–H and O–H groups in total. The van der Waals surface area contributed by atoms with Gasteiger partial charge >= 0.3 is 0 Å². The lowest BCUT2D eigenvalue weighted by Gasteiger charge is -2.18. The first-order valence-electron chi connectivity index (χ1n) is 9.15. The van der Waals surface area contributed by atoms with E-state index < -0.39 is 21.1 Å². The van der Waals surface area contributed by atoms with Crippen LogP contribution in [0, 0.1) is 16.3 Å². The van der Waals surface area contributed by atoms with E-state index in [2.05, 4.69) is 10.0 Å². The first-order valence-corrected chi connectivity index (χ1v) is 12.7. The first kappa shape index (κ1) is 21.3. The summed E-state index contributed by atoms with van der Waals surface area (Å²) in [5.41, 5.74) is 0.450. The number of nitrogens with one attached hydrogen (secondary N) is 2. The molecule has 3 aromatic rings. The van der Waals surface area contributed by atoms with Gasteiger partial charge in [0.1, 0.15) is 11.6 Å². The number of anilines is 3. The average molecular weight is 559 g/mol. The van der Waals surface area contributed by atoms with E-state index in [1.807, 2.05) is 40.1 Å². The predicted octanol–water partition coefficient (Wildman–Crippen LogP) is 4.54. The van der Waals surface area contributed by atoms with E-state index in [1.165, 1.54) is 23.7 Å². The molecule has 0 amide bonds. The highest BCUT2D eigenvalue weighted by Crippen LogP contribution is 2.48. The van der Waals surface area contributed by atoms with E-state index in [4.69, 9.17) is 0 Å². The molecule has 0 spiro atoms. The van der Waals surface area contributed by atoms with Crippen molar-refractivity contribution >= 4 is 61.1 Å². The number of benzene rings is 1. The van der Waals surface area contributed by atoms with Gasteiger partial charge in [0.15, 0.2) is 0 Å². The highest BCUT2D eigenvalue weighted by atomic mass is 127. The molecule has 4 rings (SSSR count). The van der Waals surface area contributed by atoms with Crippen LogP contribution in [0.4, 0.5) is 21.6 Å². The molecule has 2 atom stereocenters. The van der Waals surface area contributed by atoms with E-state index in [0.29, 0.717) is 12.0 Å². The van der Waals surface area contributed by atoms with Gasteiger partial charge in [-0.25, -0.2) is 12.8 Å². The summed E-state index contributed by atoms with van der Waals surface area (Å²) in [6.07, 6.45) is 0.551. The van der Waals surface area contributed by atoms with Crippen molar-refractivity contribution in [3.05, 3.63) is 72.0 Å². The van der Waals surface area contributed by atoms with Gasteiger partial charge in [0.25, 0.3) is 5.56 Å². The molecule has 10 heteroatoms. The van der Waals surface area contributed by atoms with Gasteiger partial charge in [-0.1, -0.05) is 6.07 Å². The summed E-state index contributed by atoms with van der Waals surface area (Å²) >= 11 is 3.54. The zero-order chi connectivity index (χ0) is 21.6. The SMILES string of the molecule is Cc1cc(NS(=O)(=O)C2CC2c2cccs2)c(Nc2ccc(I)cc2F)n(C)c1=O. The number of sulfonamides is 1. The lowest BCUT2D eigenvalue weighted by molar-refractivity contribution is 0.599. The normalized spacial score (nSPS) is 18.3. The van der Waals surface area contributed by atoms with E-state index in [0.717, 1.165) is 8.45 Å². The summed E-state index contributed by atoms with van der Waals surface area (Å²) < 4.78 is 45.0. The number of hydrogen-bond acceptors (Lipinski definition) is 5. The largest absolute Gasteiger partial charge is 0.337 e. The van der Waals surface area contributed by atoms with Crippen LogP contribution in [0.15, 0.2) is 46.6 Å². The summed E-state index contributed by atoms with van der Waals surface area (Å²) in [4.78, 5) is 13.5. The molecule has 6 nitrogen and oxygen atoms in total. The molecule has 1 saturated carbocycles. The Balaban J connectivity index is 1.68. The number of thiophene rings is 1. The van der Waals surface area contributed by atoms with Crippen LogP contribution in [-0.2, 0) is 17.1 Å². The minimum absolute atomic E-state index is 0.0267. The molecule has 0 radical (unpaired) electrons. The molecule has 0 saturated heterocycles. The lowest BCUT2D eigenvalue weighted by atomic mass is 10.2. The summed E-state index contributed by atoms with van der Waals surface area (Å²) in [7, 11) is -2.17. The van der Waals surface area contributed by atoms with Crippen LogP contribution in [-0.4, -0.2) is 18.2 Å². The minimum atomic E-state index is -3.69. The Morgan fingerprint density at radius 3 is 2.67 bits per heavy atom. The first-order chi connectivity index (χ1) is 14.2. The highest BCUT2D eigenvalue weighted by molar-refractivity contribution is 14.1. The van der Waals surface area contributed by atoms with Crippen molar-refractivity contribution in [2.75, 3.05) is 10.0 Å². The average Bonchev–Trinajstić information content (AvgIpc) is 3.32. The molecule has 0 aliphatic heterocycles. The molecule has 1 fully saturated rings. The van der Waals surface area contributed by atoms with Gasteiger partial charge in [-0.3, -0.25) is 14.1 Å². The molecule has 2 unspecified atom stereocenters. The number of halogens is 2. The fourth-order valence-corrected chi connectivity index (χ4v) is 6.49. The monoisotopic (exact) mass is 559 g/mol. The maximum Gasteiger partial charge on any atom is 0.254 e. The number of nitrogens with zero attached hydrogens (tertiary/aromatic N) is 1. The maximum absolute atomic E-state index is 14.4. The van der Waals surface area contributed by atoms with Crippen LogP contribution >= 0.6 is 33.9 Å². The zero-order valence-electron chi connectivity index (χ0n) is 16.1. The van der Waals surface area contributed by atoms with Crippen LogP contribution in [0.5, 0.6) is 0 Å². The molecular formula is C20H19FIN3O3S2. The molecule has 1 aliphatic carbocycles. The van der Waals surface area contributed by atoms with Crippen LogP contribution in [0.25, 0.3) is 0 Å². The Labute approximate surface area is 191 Å². The van der Waals surface area contributed by atoms with E-state index in [-0.39, 0.29) is 28.7 Å². The topological polar surface area (TPSA) is 80.2 Å². The van der Waals surface area contributed by atoms with Crippen LogP contribution in [0.2, 0.25) is 0 Å². The third-order valence-corrected chi connectivity index (χ3v) is 8.57. The summed E-state index contributed by atoms with van der Waals surface area (Å²) in [5, 5.41) is 4.28. The van der Waals surface area contributed by atoms with Gasteiger partial charge in [-0.15, -0.1) is 11.3 Å². The minimum Gasteiger partial charge on any atom is -0.337 e. The van der Waals surface area contributed by atoms with E-state index in [9.17, 15) is 17.6 Å². The smallest absolute Gasteiger partial charge is 0.254 e. The van der Waals surface area contributed by atoms with Crippen molar-refractivity contribution < 1.29 is 12.8 Å². The third-order valence-electron chi connectivity index (χ3n) is 5.07. The summed E-state index contributed by atoms with van der Waals surface area (Å²) in [5.74, 6) is -0.340. The second kappa shape index (κ2) is 7.97. The lowest BCUT2D eigenvalue weighted by Crippen LogP contribution is -2.26.